The molecule has 1 unspecified atom stereocenters. The first-order chi connectivity index (χ1) is 11.8. The molecular weight excluding hydrogens is 326 g/mol. The predicted molar refractivity (Wildman–Crippen MR) is 93.6 cm³/mol. The number of carbonyl (C=O) groups excluding carboxylic acids is 2. The maximum Gasteiger partial charge on any atom is 0.305 e. The quantitative estimate of drug-likeness (QED) is 0.512. The number of aromatic nitrogens is 1. The molecule has 0 aliphatic carbocycles. The van der Waals surface area contributed by atoms with Gasteiger partial charge in [0.2, 0.25) is 5.91 Å². The number of rotatable bonds is 11. The summed E-state index contributed by atoms with van der Waals surface area (Å²) < 4.78 is 1.22. The van der Waals surface area contributed by atoms with Gasteiger partial charge in [-0.25, -0.2) is 0 Å². The van der Waals surface area contributed by atoms with Crippen LogP contribution in [0.2, 0.25) is 0 Å². The molecule has 0 saturated carbocycles. The Bertz CT molecular complexity index is 668. The van der Waals surface area contributed by atoms with Crippen LogP contribution < -0.4 is 16.2 Å². The first-order valence-electron chi connectivity index (χ1n) is 8.30. The molecule has 1 rings (SSSR count). The summed E-state index contributed by atoms with van der Waals surface area (Å²) in [6.45, 7) is 3.69. The van der Waals surface area contributed by atoms with Gasteiger partial charge in [0.15, 0.2) is 5.78 Å². The number of carboxylic acid groups (broad SMARTS) is 1. The van der Waals surface area contributed by atoms with E-state index in [4.69, 9.17) is 5.11 Å². The van der Waals surface area contributed by atoms with Crippen LogP contribution >= 0.6 is 0 Å². The third-order valence-corrected chi connectivity index (χ3v) is 3.63. The third kappa shape index (κ3) is 7.19. The van der Waals surface area contributed by atoms with E-state index in [2.05, 4.69) is 17.6 Å². The zero-order chi connectivity index (χ0) is 18.8. The van der Waals surface area contributed by atoms with Crippen molar-refractivity contribution in [3.63, 3.8) is 0 Å². The molecule has 1 aromatic heterocycles. The maximum atomic E-state index is 12.3. The molecule has 8 heteroatoms. The summed E-state index contributed by atoms with van der Waals surface area (Å²) in [5, 5.41) is 14.2. The molecule has 3 N–H and O–H groups in total. The van der Waals surface area contributed by atoms with E-state index in [0.717, 1.165) is 19.3 Å². The second-order valence-corrected chi connectivity index (χ2v) is 5.82. The lowest BCUT2D eigenvalue weighted by molar-refractivity contribution is -0.140. The minimum atomic E-state index is -1.18. The second-order valence-electron chi connectivity index (χ2n) is 5.82. The maximum absolute atomic E-state index is 12.3. The van der Waals surface area contributed by atoms with Gasteiger partial charge in [0.1, 0.15) is 12.2 Å². The van der Waals surface area contributed by atoms with Crippen LogP contribution in [0.25, 0.3) is 0 Å². The van der Waals surface area contributed by atoms with Crippen molar-refractivity contribution in [2.24, 2.45) is 0 Å². The normalized spacial score (nSPS) is 11.6. The van der Waals surface area contributed by atoms with Gasteiger partial charge in [-0.15, -0.1) is 0 Å². The van der Waals surface area contributed by atoms with Crippen LogP contribution in [-0.4, -0.2) is 39.9 Å². The van der Waals surface area contributed by atoms with Gasteiger partial charge in [0, 0.05) is 12.7 Å². The molecule has 0 fully saturated rings. The third-order valence-electron chi connectivity index (χ3n) is 3.63. The highest BCUT2D eigenvalue weighted by Gasteiger charge is 2.20. The number of carbonyl (C=O) groups is 3. The van der Waals surface area contributed by atoms with E-state index in [-0.39, 0.29) is 12.1 Å². The summed E-state index contributed by atoms with van der Waals surface area (Å²) in [5.41, 5.74) is 0.0619. The number of nitrogens with zero attached hydrogens (tertiary/aromatic N) is 1. The summed E-state index contributed by atoms with van der Waals surface area (Å²) in [6.07, 6.45) is 4.07. The average Bonchev–Trinajstić information content (AvgIpc) is 2.53. The number of aliphatic carboxylic acids is 1. The van der Waals surface area contributed by atoms with E-state index in [0.29, 0.717) is 12.2 Å². The Morgan fingerprint density at radius 1 is 1.28 bits per heavy atom. The summed E-state index contributed by atoms with van der Waals surface area (Å²) in [4.78, 5) is 46.5. The standard InChI is InChI=1S/C17H25N3O5/c1-3-4-5-8-18-13-7-6-9-20(17(13)25)11-15(22)19-14(12(2)21)10-16(23)24/h6-7,9,14,18H,3-5,8,10-11H2,1-2H3,(H,19,22)(H,23,24). The molecule has 0 aromatic carbocycles. The van der Waals surface area contributed by atoms with Crippen molar-refractivity contribution in [3.8, 4) is 0 Å². The average molecular weight is 351 g/mol. The summed E-state index contributed by atoms with van der Waals surface area (Å²) in [7, 11) is 0. The number of Topliss-reactive ketones (excluding diaryl/α,β-unsaturated/α-hetero) is 1. The molecule has 0 bridgehead atoms. The fourth-order valence-electron chi connectivity index (χ4n) is 2.26. The van der Waals surface area contributed by atoms with Crippen LogP contribution in [0.4, 0.5) is 5.69 Å². The largest absolute Gasteiger partial charge is 0.481 e. The predicted octanol–water partition coefficient (Wildman–Crippen LogP) is 0.999. The lowest BCUT2D eigenvalue weighted by Gasteiger charge is -2.15. The zero-order valence-corrected chi connectivity index (χ0v) is 14.6. The molecule has 1 aromatic rings. The lowest BCUT2D eigenvalue weighted by atomic mass is 10.1. The number of hydrogen-bond donors (Lipinski definition) is 3. The molecule has 1 amide bonds. The monoisotopic (exact) mass is 351 g/mol. The van der Waals surface area contributed by atoms with Crippen molar-refractivity contribution in [1.29, 1.82) is 0 Å². The van der Waals surface area contributed by atoms with Crippen molar-refractivity contribution >= 4 is 23.3 Å². The second kappa shape index (κ2) is 10.3. The summed E-state index contributed by atoms with van der Waals surface area (Å²) in [5.74, 6) is -2.22. The summed E-state index contributed by atoms with van der Waals surface area (Å²) in [6, 6.07) is 2.19. The van der Waals surface area contributed by atoms with Gasteiger partial charge in [-0.05, 0) is 25.5 Å². The number of anilines is 1. The number of ketones is 1. The number of hydrogen-bond acceptors (Lipinski definition) is 5. The molecular formula is C17H25N3O5. The minimum absolute atomic E-state index is 0.285. The van der Waals surface area contributed by atoms with Gasteiger partial charge < -0.3 is 20.3 Å². The molecule has 25 heavy (non-hydrogen) atoms. The van der Waals surface area contributed by atoms with Gasteiger partial charge in [0.05, 0.1) is 12.5 Å². The Morgan fingerprint density at radius 2 is 2.00 bits per heavy atom. The van der Waals surface area contributed by atoms with Crippen molar-refractivity contribution in [1.82, 2.24) is 9.88 Å². The van der Waals surface area contributed by atoms with Crippen LogP contribution in [-0.2, 0) is 20.9 Å². The Kier molecular flexibility index (Phi) is 8.38. The highest BCUT2D eigenvalue weighted by Crippen LogP contribution is 2.01. The molecule has 1 atom stereocenters. The van der Waals surface area contributed by atoms with E-state index in [1.807, 2.05) is 0 Å². The molecule has 0 saturated heterocycles. The SMILES string of the molecule is CCCCCNc1cccn(CC(=O)NC(CC(=O)O)C(C)=O)c1=O. The van der Waals surface area contributed by atoms with E-state index < -0.39 is 30.1 Å². The van der Waals surface area contributed by atoms with Crippen molar-refractivity contribution < 1.29 is 19.5 Å². The van der Waals surface area contributed by atoms with Gasteiger partial charge in [-0.3, -0.25) is 19.2 Å². The van der Waals surface area contributed by atoms with Crippen molar-refractivity contribution in [3.05, 3.63) is 28.7 Å². The zero-order valence-electron chi connectivity index (χ0n) is 14.6. The molecule has 138 valence electrons. The minimum Gasteiger partial charge on any atom is -0.481 e. The molecule has 0 radical (unpaired) electrons. The first kappa shape index (κ1) is 20.4. The van der Waals surface area contributed by atoms with Crippen molar-refractivity contribution in [2.75, 3.05) is 11.9 Å². The fraction of sp³-hybridized carbons (Fsp3) is 0.529. The van der Waals surface area contributed by atoms with Gasteiger partial charge in [-0.1, -0.05) is 19.8 Å². The van der Waals surface area contributed by atoms with E-state index in [9.17, 15) is 19.2 Å². The van der Waals surface area contributed by atoms with Crippen LogP contribution in [0.1, 0.15) is 39.5 Å². The van der Waals surface area contributed by atoms with Crippen LogP contribution in [0.3, 0.4) is 0 Å². The van der Waals surface area contributed by atoms with Crippen LogP contribution in [0, 0.1) is 0 Å². The van der Waals surface area contributed by atoms with Gasteiger partial charge in [0.25, 0.3) is 5.56 Å². The van der Waals surface area contributed by atoms with E-state index in [1.165, 1.54) is 17.7 Å². The molecule has 1 heterocycles. The molecule has 0 spiro atoms. The Labute approximate surface area is 146 Å². The van der Waals surface area contributed by atoms with Gasteiger partial charge >= 0.3 is 5.97 Å². The Morgan fingerprint density at radius 3 is 2.60 bits per heavy atom. The lowest BCUT2D eigenvalue weighted by Crippen LogP contribution is -2.43. The molecule has 0 aliphatic heterocycles. The van der Waals surface area contributed by atoms with E-state index >= 15 is 0 Å². The van der Waals surface area contributed by atoms with Gasteiger partial charge in [-0.2, -0.15) is 0 Å². The summed E-state index contributed by atoms with van der Waals surface area (Å²) >= 11 is 0. The molecule has 8 nitrogen and oxygen atoms in total. The van der Waals surface area contributed by atoms with Crippen LogP contribution in [0.5, 0.6) is 0 Å². The number of amides is 1. The Hall–Kier alpha value is -2.64. The molecule has 0 aliphatic rings. The number of nitrogens with one attached hydrogen (secondary N) is 2. The highest BCUT2D eigenvalue weighted by molar-refractivity contribution is 5.90. The number of unbranched alkanes of at least 4 members (excludes halogenated alkanes) is 2. The first-order valence-corrected chi connectivity index (χ1v) is 8.30. The number of carboxylic acids is 1. The Balaban J connectivity index is 2.72. The van der Waals surface area contributed by atoms with E-state index in [1.54, 1.807) is 12.1 Å². The fourth-order valence-corrected chi connectivity index (χ4v) is 2.26. The van der Waals surface area contributed by atoms with Crippen molar-refractivity contribution in [2.45, 2.75) is 52.1 Å². The van der Waals surface area contributed by atoms with Crippen LogP contribution in [0.15, 0.2) is 23.1 Å². The topological polar surface area (TPSA) is 118 Å². The highest BCUT2D eigenvalue weighted by atomic mass is 16.4. The number of pyridine rings is 1. The smallest absolute Gasteiger partial charge is 0.305 e.